The number of methoxy groups -OCH3 is 2. The molecule has 1 atom stereocenters. The first-order chi connectivity index (χ1) is 16.9. The largest absolute Gasteiger partial charge is 0.497 e. The van der Waals surface area contributed by atoms with Gasteiger partial charge in [-0.3, -0.25) is 14.5 Å². The Morgan fingerprint density at radius 3 is 2.23 bits per heavy atom. The summed E-state index contributed by atoms with van der Waals surface area (Å²) in [6, 6.07) is 15.6. The highest BCUT2D eigenvalue weighted by atomic mass is 32.1. The van der Waals surface area contributed by atoms with E-state index in [1.165, 1.54) is 15.3 Å². The number of thiocarbonyl (C=S) groups is 1. The average Bonchev–Trinajstić information content (AvgIpc) is 3.38. The zero-order valence-corrected chi connectivity index (χ0v) is 21.4. The van der Waals surface area contributed by atoms with Crippen LogP contribution in [0.1, 0.15) is 16.9 Å². The summed E-state index contributed by atoms with van der Waals surface area (Å²) in [6.45, 7) is 2.61. The van der Waals surface area contributed by atoms with Crippen LogP contribution in [0.4, 0.5) is 11.4 Å². The summed E-state index contributed by atoms with van der Waals surface area (Å²) in [6.07, 6.45) is 0.727. The van der Waals surface area contributed by atoms with E-state index in [0.29, 0.717) is 34.5 Å². The molecule has 1 N–H and O–H groups in total. The minimum absolute atomic E-state index is 0.0128. The topological polar surface area (TPSA) is 71.1 Å². The summed E-state index contributed by atoms with van der Waals surface area (Å²) in [4.78, 5) is 31.1. The molecule has 0 spiro atoms. The number of thiophene rings is 1. The predicted octanol–water partition coefficient (Wildman–Crippen LogP) is 4.65. The fraction of sp³-hybridized carbons (Fsp3) is 0.269. The molecule has 182 valence electrons. The molecule has 1 saturated heterocycles. The van der Waals surface area contributed by atoms with Gasteiger partial charge >= 0.3 is 0 Å². The van der Waals surface area contributed by atoms with Crippen LogP contribution in [-0.4, -0.2) is 48.6 Å². The standard InChI is InChI=1S/C26H27N3O4S2/c1-17-13-15-35-23(17)12-14-28-22(16-24(30)27-18-4-8-20(32-2)9-5-18)25(31)29(26(28)34)19-6-10-21(33-3)11-7-19/h4-11,13,15,22H,12,14,16H2,1-3H3,(H,27,30). The molecule has 0 saturated carbocycles. The lowest BCUT2D eigenvalue weighted by atomic mass is 10.1. The van der Waals surface area contributed by atoms with E-state index < -0.39 is 6.04 Å². The third kappa shape index (κ3) is 5.47. The second-order valence-electron chi connectivity index (χ2n) is 8.12. The van der Waals surface area contributed by atoms with Crippen molar-refractivity contribution in [2.45, 2.75) is 25.8 Å². The molecule has 2 heterocycles. The van der Waals surface area contributed by atoms with Crippen LogP contribution >= 0.6 is 23.6 Å². The molecule has 1 aromatic heterocycles. The Bertz CT molecular complexity index is 1210. The molecule has 3 aromatic rings. The van der Waals surface area contributed by atoms with Gasteiger partial charge in [0.15, 0.2) is 5.11 Å². The van der Waals surface area contributed by atoms with E-state index in [4.69, 9.17) is 21.7 Å². The average molecular weight is 510 g/mol. The number of hydrogen-bond donors (Lipinski definition) is 1. The Morgan fingerprint density at radius 1 is 1.03 bits per heavy atom. The van der Waals surface area contributed by atoms with Crippen LogP contribution in [0.2, 0.25) is 0 Å². The number of ether oxygens (including phenoxy) is 2. The molecule has 0 bridgehead atoms. The molecule has 1 aliphatic heterocycles. The van der Waals surface area contributed by atoms with Gasteiger partial charge in [0, 0.05) is 17.1 Å². The molecule has 0 radical (unpaired) electrons. The second-order valence-corrected chi connectivity index (χ2v) is 9.49. The highest BCUT2D eigenvalue weighted by molar-refractivity contribution is 7.80. The van der Waals surface area contributed by atoms with E-state index >= 15 is 0 Å². The van der Waals surface area contributed by atoms with Crippen LogP contribution in [0.25, 0.3) is 0 Å². The molecule has 9 heteroatoms. The molecule has 1 fully saturated rings. The molecule has 2 amide bonds. The monoisotopic (exact) mass is 509 g/mol. The number of carbonyl (C=O) groups excluding carboxylic acids is 2. The fourth-order valence-corrected chi connectivity index (χ4v) is 5.31. The molecule has 35 heavy (non-hydrogen) atoms. The maximum atomic E-state index is 13.6. The van der Waals surface area contributed by atoms with Gasteiger partial charge < -0.3 is 19.7 Å². The number of amides is 2. The number of nitrogens with one attached hydrogen (secondary N) is 1. The molecule has 2 aromatic carbocycles. The smallest absolute Gasteiger partial charge is 0.256 e. The Balaban J connectivity index is 1.54. The Labute approximate surface area is 214 Å². The highest BCUT2D eigenvalue weighted by Gasteiger charge is 2.44. The lowest BCUT2D eigenvalue weighted by Crippen LogP contribution is -2.39. The maximum Gasteiger partial charge on any atom is 0.256 e. The first-order valence-electron chi connectivity index (χ1n) is 11.2. The molecule has 7 nitrogen and oxygen atoms in total. The second kappa shape index (κ2) is 10.9. The van der Waals surface area contributed by atoms with Crippen LogP contribution in [0, 0.1) is 6.92 Å². The highest BCUT2D eigenvalue weighted by Crippen LogP contribution is 2.30. The van der Waals surface area contributed by atoms with E-state index in [2.05, 4.69) is 23.7 Å². The van der Waals surface area contributed by atoms with Gasteiger partial charge in [-0.2, -0.15) is 0 Å². The zero-order valence-electron chi connectivity index (χ0n) is 19.8. The molecular weight excluding hydrogens is 482 g/mol. The van der Waals surface area contributed by atoms with Crippen molar-refractivity contribution in [3.8, 4) is 11.5 Å². The SMILES string of the molecule is COc1ccc(NC(=O)CC2C(=O)N(c3ccc(OC)cc3)C(=S)N2CCc2sccc2C)cc1. The van der Waals surface area contributed by atoms with E-state index in [9.17, 15) is 9.59 Å². The Morgan fingerprint density at radius 2 is 1.66 bits per heavy atom. The number of rotatable bonds is 9. The van der Waals surface area contributed by atoms with Crippen molar-refractivity contribution in [3.63, 3.8) is 0 Å². The molecule has 1 unspecified atom stereocenters. The van der Waals surface area contributed by atoms with Gasteiger partial charge in [-0.15, -0.1) is 11.3 Å². The van der Waals surface area contributed by atoms with Crippen molar-refractivity contribution >= 4 is 51.9 Å². The Kier molecular flexibility index (Phi) is 7.67. The third-order valence-corrected chi connectivity index (χ3v) is 7.45. The zero-order chi connectivity index (χ0) is 24.9. The first-order valence-corrected chi connectivity index (χ1v) is 12.5. The quantitative estimate of drug-likeness (QED) is 0.424. The third-order valence-electron chi connectivity index (χ3n) is 5.95. The van der Waals surface area contributed by atoms with Crippen molar-refractivity contribution in [1.82, 2.24) is 4.90 Å². The van der Waals surface area contributed by atoms with Gasteiger partial charge in [-0.1, -0.05) is 0 Å². The van der Waals surface area contributed by atoms with Crippen LogP contribution in [0.3, 0.4) is 0 Å². The van der Waals surface area contributed by atoms with E-state index in [-0.39, 0.29) is 18.2 Å². The number of nitrogens with zero attached hydrogens (tertiary/aromatic N) is 2. The molecule has 4 rings (SSSR count). The summed E-state index contributed by atoms with van der Waals surface area (Å²) in [7, 11) is 3.18. The summed E-state index contributed by atoms with van der Waals surface area (Å²) >= 11 is 7.44. The lowest BCUT2D eigenvalue weighted by molar-refractivity contribution is -0.124. The van der Waals surface area contributed by atoms with Gasteiger partial charge in [-0.25, -0.2) is 0 Å². The number of carbonyl (C=O) groups is 2. The lowest BCUT2D eigenvalue weighted by Gasteiger charge is -2.24. The van der Waals surface area contributed by atoms with Crippen molar-refractivity contribution in [2.75, 3.05) is 31.0 Å². The summed E-state index contributed by atoms with van der Waals surface area (Å²) in [5.41, 5.74) is 2.50. The molecule has 1 aliphatic rings. The van der Waals surface area contributed by atoms with Crippen LogP contribution < -0.4 is 19.7 Å². The summed E-state index contributed by atoms with van der Waals surface area (Å²) in [5.74, 6) is 0.911. The van der Waals surface area contributed by atoms with Gasteiger partial charge in [0.2, 0.25) is 5.91 Å². The van der Waals surface area contributed by atoms with Gasteiger partial charge in [0.1, 0.15) is 17.5 Å². The maximum absolute atomic E-state index is 13.6. The van der Waals surface area contributed by atoms with Crippen LogP contribution in [-0.2, 0) is 16.0 Å². The summed E-state index contributed by atoms with van der Waals surface area (Å²) < 4.78 is 10.4. The number of aryl methyl sites for hydroxylation is 1. The van der Waals surface area contributed by atoms with E-state index in [1.54, 1.807) is 74.1 Å². The number of anilines is 2. The minimum Gasteiger partial charge on any atom is -0.497 e. The van der Waals surface area contributed by atoms with Crippen molar-refractivity contribution in [1.29, 1.82) is 0 Å². The fourth-order valence-electron chi connectivity index (χ4n) is 4.00. The van der Waals surface area contributed by atoms with E-state index in [0.717, 1.165) is 6.42 Å². The van der Waals surface area contributed by atoms with Crippen LogP contribution in [0.5, 0.6) is 11.5 Å². The van der Waals surface area contributed by atoms with Crippen molar-refractivity contribution in [3.05, 3.63) is 70.4 Å². The normalized spacial score (nSPS) is 15.5. The number of hydrogen-bond acceptors (Lipinski definition) is 6. The van der Waals surface area contributed by atoms with Gasteiger partial charge in [0.05, 0.1) is 26.3 Å². The van der Waals surface area contributed by atoms with Crippen molar-refractivity contribution < 1.29 is 19.1 Å². The summed E-state index contributed by atoms with van der Waals surface area (Å²) in [5, 5.41) is 5.33. The van der Waals surface area contributed by atoms with Gasteiger partial charge in [0.25, 0.3) is 5.91 Å². The van der Waals surface area contributed by atoms with Crippen LogP contribution in [0.15, 0.2) is 60.0 Å². The molecular formula is C26H27N3O4S2. The molecule has 0 aliphatic carbocycles. The first kappa shape index (κ1) is 24.7. The van der Waals surface area contributed by atoms with E-state index in [1.807, 2.05) is 4.90 Å². The minimum atomic E-state index is -0.692. The van der Waals surface area contributed by atoms with Gasteiger partial charge in [-0.05, 0) is 91.1 Å². The predicted molar refractivity (Wildman–Crippen MR) is 143 cm³/mol. The number of benzene rings is 2. The Hall–Kier alpha value is -3.43. The van der Waals surface area contributed by atoms with Crippen molar-refractivity contribution in [2.24, 2.45) is 0 Å².